The zero-order valence-electron chi connectivity index (χ0n) is 23.1. The van der Waals surface area contributed by atoms with Gasteiger partial charge in [0.15, 0.2) is 0 Å². The lowest BCUT2D eigenvalue weighted by Gasteiger charge is -2.22. The van der Waals surface area contributed by atoms with Gasteiger partial charge in [0.05, 0.1) is 24.6 Å². The fraction of sp³-hybridized carbons (Fsp3) is 0.333. The Bertz CT molecular complexity index is 1560. The number of carbonyl (C=O) groups is 2. The van der Waals surface area contributed by atoms with Gasteiger partial charge in [-0.25, -0.2) is 4.39 Å². The van der Waals surface area contributed by atoms with Crippen LogP contribution in [0.5, 0.6) is 5.75 Å². The zero-order valence-corrected chi connectivity index (χ0v) is 23.8. The van der Waals surface area contributed by atoms with Gasteiger partial charge in [-0.15, -0.1) is 0 Å². The van der Waals surface area contributed by atoms with Crippen LogP contribution in [-0.2, 0) is 9.63 Å². The molecule has 1 aromatic heterocycles. The van der Waals surface area contributed by atoms with Gasteiger partial charge >= 0.3 is 0 Å². The molecule has 12 heteroatoms. The van der Waals surface area contributed by atoms with Crippen molar-refractivity contribution in [1.82, 2.24) is 4.57 Å². The number of nitrogens with zero attached hydrogens (tertiary/aromatic N) is 2. The molecule has 0 saturated heterocycles. The highest BCUT2D eigenvalue weighted by molar-refractivity contribution is 6.31. The number of carbonyl (C=O) groups excluding carboxylic acids is 2. The predicted molar refractivity (Wildman–Crippen MR) is 158 cm³/mol. The van der Waals surface area contributed by atoms with E-state index in [9.17, 15) is 18.8 Å². The number of nitrogens with two attached hydrogens (primary N) is 1. The SMILES string of the molecule is COc1cn(C(CCCCCCO)C(=O)Nc2ccc(C(N)=O)c(F)c2)c(=O)cc1-c1cc(Cl)ccc1C1=NOCC1. The summed E-state index contributed by atoms with van der Waals surface area (Å²) in [4.78, 5) is 43.7. The summed E-state index contributed by atoms with van der Waals surface area (Å²) in [6.45, 7) is 0.513. The Balaban J connectivity index is 1.72. The molecule has 1 atom stereocenters. The summed E-state index contributed by atoms with van der Waals surface area (Å²) >= 11 is 6.32. The van der Waals surface area contributed by atoms with Gasteiger partial charge in [0.2, 0.25) is 5.91 Å². The number of hydrogen-bond donors (Lipinski definition) is 3. The summed E-state index contributed by atoms with van der Waals surface area (Å²) in [6, 6.07) is 9.21. The first-order valence-electron chi connectivity index (χ1n) is 13.5. The van der Waals surface area contributed by atoms with Crippen LogP contribution in [0.25, 0.3) is 11.1 Å². The number of halogens is 2. The van der Waals surface area contributed by atoms with Gasteiger partial charge in [-0.3, -0.25) is 19.0 Å². The van der Waals surface area contributed by atoms with Crippen molar-refractivity contribution in [2.24, 2.45) is 10.9 Å². The summed E-state index contributed by atoms with van der Waals surface area (Å²) in [5.41, 5.74) is 7.06. The van der Waals surface area contributed by atoms with E-state index in [1.165, 1.54) is 36.1 Å². The van der Waals surface area contributed by atoms with Crippen molar-refractivity contribution in [1.29, 1.82) is 0 Å². The van der Waals surface area contributed by atoms with Crippen LogP contribution in [-0.4, -0.2) is 47.5 Å². The normalized spacial score (nSPS) is 13.3. The quantitative estimate of drug-likeness (QED) is 0.244. The van der Waals surface area contributed by atoms with Crippen molar-refractivity contribution < 1.29 is 28.7 Å². The second kappa shape index (κ2) is 14.1. The first-order chi connectivity index (χ1) is 20.2. The highest BCUT2D eigenvalue weighted by Gasteiger charge is 2.25. The second-order valence-corrected chi connectivity index (χ2v) is 10.2. The molecule has 42 heavy (non-hydrogen) atoms. The van der Waals surface area contributed by atoms with Gasteiger partial charge in [-0.1, -0.05) is 42.1 Å². The lowest BCUT2D eigenvalue weighted by Crippen LogP contribution is -2.33. The molecule has 0 saturated carbocycles. The summed E-state index contributed by atoms with van der Waals surface area (Å²) in [5, 5.41) is 16.3. The van der Waals surface area contributed by atoms with Crippen molar-refractivity contribution in [3.8, 4) is 16.9 Å². The van der Waals surface area contributed by atoms with Gasteiger partial charge in [0, 0.05) is 40.9 Å². The largest absolute Gasteiger partial charge is 0.495 e. The Hall–Kier alpha value is -4.22. The van der Waals surface area contributed by atoms with Crippen LogP contribution < -0.4 is 21.3 Å². The molecule has 2 aromatic carbocycles. The average molecular weight is 599 g/mol. The molecule has 10 nitrogen and oxygen atoms in total. The number of aliphatic hydroxyl groups is 1. The first-order valence-corrected chi connectivity index (χ1v) is 13.9. The maximum absolute atomic E-state index is 14.4. The fourth-order valence-corrected chi connectivity index (χ4v) is 5.02. The van der Waals surface area contributed by atoms with Crippen LogP contribution in [0.4, 0.5) is 10.1 Å². The van der Waals surface area contributed by atoms with Gasteiger partial charge < -0.3 is 25.7 Å². The number of benzene rings is 2. The van der Waals surface area contributed by atoms with E-state index >= 15 is 0 Å². The van der Waals surface area contributed by atoms with Crippen molar-refractivity contribution in [2.75, 3.05) is 25.6 Å². The van der Waals surface area contributed by atoms with E-state index in [0.29, 0.717) is 53.5 Å². The first kappa shape index (κ1) is 30.7. The predicted octanol–water partition coefficient (Wildman–Crippen LogP) is 4.66. The van der Waals surface area contributed by atoms with Crippen molar-refractivity contribution in [3.63, 3.8) is 0 Å². The number of hydrogen-bond acceptors (Lipinski definition) is 7. The fourth-order valence-electron chi connectivity index (χ4n) is 4.85. The topological polar surface area (TPSA) is 145 Å². The lowest BCUT2D eigenvalue weighted by atomic mass is 9.95. The Morgan fingerprint density at radius 1 is 1.14 bits per heavy atom. The third-order valence-corrected chi connectivity index (χ3v) is 7.21. The van der Waals surface area contributed by atoms with E-state index in [2.05, 4.69) is 10.5 Å². The molecule has 0 spiro atoms. The van der Waals surface area contributed by atoms with Crippen LogP contribution in [0.1, 0.15) is 60.5 Å². The number of ether oxygens (including phenoxy) is 1. The number of methoxy groups -OCH3 is 1. The van der Waals surface area contributed by atoms with E-state index in [1.54, 1.807) is 18.2 Å². The number of rotatable bonds is 13. The number of aromatic nitrogens is 1. The Kier molecular flexibility index (Phi) is 10.3. The molecule has 0 aliphatic carbocycles. The number of pyridine rings is 1. The number of amides is 2. The van der Waals surface area contributed by atoms with Crippen molar-refractivity contribution >= 4 is 34.8 Å². The van der Waals surface area contributed by atoms with Gasteiger partial charge in [0.1, 0.15) is 24.2 Å². The number of nitrogens with one attached hydrogen (secondary N) is 1. The average Bonchev–Trinajstić information content (AvgIpc) is 3.50. The molecule has 4 rings (SSSR count). The molecule has 4 N–H and O–H groups in total. The number of aliphatic hydroxyl groups excluding tert-OH is 1. The molecule has 0 bridgehead atoms. The summed E-state index contributed by atoms with van der Waals surface area (Å²) in [6.07, 6.45) is 5.06. The molecule has 1 aliphatic heterocycles. The van der Waals surface area contributed by atoms with E-state index in [4.69, 9.17) is 32.0 Å². The summed E-state index contributed by atoms with van der Waals surface area (Å²) < 4.78 is 21.3. The van der Waals surface area contributed by atoms with Gasteiger partial charge in [-0.2, -0.15) is 0 Å². The third-order valence-electron chi connectivity index (χ3n) is 6.98. The van der Waals surface area contributed by atoms with E-state index in [0.717, 1.165) is 24.5 Å². The summed E-state index contributed by atoms with van der Waals surface area (Å²) in [5.74, 6) is -2.03. The minimum Gasteiger partial charge on any atom is -0.495 e. The molecule has 0 radical (unpaired) electrons. The third kappa shape index (κ3) is 7.15. The molecule has 222 valence electrons. The molecule has 1 aliphatic rings. The maximum atomic E-state index is 14.4. The standard InChI is InChI=1S/C30H32ClFN4O6/c1-41-27-17-36(28(38)16-23(27)22-14-18(31)7-9-20(22)25-11-13-42-35-25)26(6-4-2-3-5-12-37)30(40)34-19-8-10-21(29(33)39)24(32)15-19/h7-10,14-17,26,37H,2-6,11-13H2,1H3,(H2,33,39)(H,34,40). The Labute approximate surface area is 246 Å². The van der Waals surface area contributed by atoms with Crippen LogP contribution in [0, 0.1) is 5.82 Å². The Morgan fingerprint density at radius 2 is 1.93 bits per heavy atom. The van der Waals surface area contributed by atoms with Crippen molar-refractivity contribution in [3.05, 3.63) is 81.0 Å². The molecule has 3 aromatic rings. The highest BCUT2D eigenvalue weighted by Crippen LogP contribution is 2.35. The molecular formula is C30H32ClFN4O6. The van der Waals surface area contributed by atoms with Gasteiger partial charge in [0.25, 0.3) is 11.5 Å². The molecule has 0 fully saturated rings. The zero-order chi connectivity index (χ0) is 30.2. The van der Waals surface area contributed by atoms with Crippen LogP contribution >= 0.6 is 11.6 Å². The Morgan fingerprint density at radius 3 is 2.60 bits per heavy atom. The molecular weight excluding hydrogens is 567 g/mol. The minimum absolute atomic E-state index is 0.0684. The monoisotopic (exact) mass is 598 g/mol. The van der Waals surface area contributed by atoms with Crippen molar-refractivity contribution in [2.45, 2.75) is 44.6 Å². The van der Waals surface area contributed by atoms with Crippen LogP contribution in [0.3, 0.4) is 0 Å². The maximum Gasteiger partial charge on any atom is 0.252 e. The van der Waals surface area contributed by atoms with E-state index in [1.807, 2.05) is 0 Å². The van der Waals surface area contributed by atoms with E-state index in [-0.39, 0.29) is 24.3 Å². The van der Waals surface area contributed by atoms with Crippen LogP contribution in [0.15, 0.2) is 58.6 Å². The second-order valence-electron chi connectivity index (χ2n) is 9.80. The number of primary amides is 1. The molecule has 1 unspecified atom stereocenters. The minimum atomic E-state index is -0.972. The number of oxime groups is 1. The van der Waals surface area contributed by atoms with Crippen LogP contribution in [0.2, 0.25) is 5.02 Å². The molecule has 2 heterocycles. The number of anilines is 1. The van der Waals surface area contributed by atoms with E-state index < -0.39 is 29.2 Å². The molecule has 2 amide bonds. The lowest BCUT2D eigenvalue weighted by molar-refractivity contribution is -0.119. The smallest absolute Gasteiger partial charge is 0.252 e. The number of unbranched alkanes of at least 4 members (excludes halogenated alkanes) is 3. The van der Waals surface area contributed by atoms with Gasteiger partial charge in [-0.05, 0) is 48.7 Å². The summed E-state index contributed by atoms with van der Waals surface area (Å²) in [7, 11) is 1.46. The highest BCUT2D eigenvalue weighted by atomic mass is 35.5.